The van der Waals surface area contributed by atoms with Crippen molar-refractivity contribution >= 4 is 26.7 Å². The van der Waals surface area contributed by atoms with Crippen LogP contribution in [-0.4, -0.2) is 84.2 Å². The van der Waals surface area contributed by atoms with Crippen LogP contribution in [0.1, 0.15) is 73.9 Å². The Labute approximate surface area is 280 Å². The summed E-state index contributed by atoms with van der Waals surface area (Å²) in [5.74, 6) is -3.99. The van der Waals surface area contributed by atoms with Crippen LogP contribution in [0.2, 0.25) is 0 Å². The molecule has 12 nitrogen and oxygen atoms in total. The standard InChI is InChI=1S/C32H47F2N3O9P2/c1-7-44-47(6,42)16-10-14-36(15-11-17-48(43,45-8-2)46-9-3)26-21-37-20-24(28(38)29(39)27(37)30(40)32(26,4)5)31(41)35-19-22-12-13-23(33)18-25(22)34/h12-13,18,20,26,39H,7-11,14-17,19,21H2,1-6H3,(H,35,41). The van der Waals surface area contributed by atoms with E-state index in [-0.39, 0.29) is 49.9 Å². The molecule has 3 rings (SSSR count). The highest BCUT2D eigenvalue weighted by molar-refractivity contribution is 7.58. The number of carbonyl (C=O) groups excluding carboxylic acids is 2. The molecule has 0 fully saturated rings. The number of carbonyl (C=O) groups is 2. The van der Waals surface area contributed by atoms with E-state index < -0.39 is 66.5 Å². The summed E-state index contributed by atoms with van der Waals surface area (Å²) in [6, 6.07) is 2.33. The number of pyridine rings is 1. The molecule has 2 atom stereocenters. The van der Waals surface area contributed by atoms with E-state index in [4.69, 9.17) is 13.6 Å². The smallest absolute Gasteiger partial charge is 0.330 e. The average molecular weight is 718 g/mol. The number of Topliss-reactive ketones (excluding diaryl/α,β-unsaturated/α-hetero) is 1. The number of ketones is 1. The summed E-state index contributed by atoms with van der Waals surface area (Å²) in [6.07, 6.45) is 2.44. The van der Waals surface area contributed by atoms with Crippen molar-refractivity contribution in [2.24, 2.45) is 5.41 Å². The van der Waals surface area contributed by atoms with Gasteiger partial charge in [0.1, 0.15) is 22.9 Å². The fraction of sp³-hybridized carbons (Fsp3) is 0.594. The molecule has 0 bridgehead atoms. The van der Waals surface area contributed by atoms with Crippen molar-refractivity contribution in [3.8, 4) is 5.75 Å². The zero-order chi connectivity index (χ0) is 35.9. The van der Waals surface area contributed by atoms with Crippen molar-refractivity contribution in [3.05, 3.63) is 63.1 Å². The first-order valence-electron chi connectivity index (χ1n) is 16.1. The van der Waals surface area contributed by atoms with Gasteiger partial charge < -0.3 is 28.6 Å². The molecule has 1 aromatic carbocycles. The number of rotatable bonds is 18. The number of nitrogens with one attached hydrogen (secondary N) is 1. The Kier molecular flexibility index (Phi) is 13.9. The number of hydrogen-bond donors (Lipinski definition) is 2. The summed E-state index contributed by atoms with van der Waals surface area (Å²) in [5.41, 5.74) is -2.91. The minimum absolute atomic E-state index is 0.0150. The van der Waals surface area contributed by atoms with E-state index in [0.29, 0.717) is 38.6 Å². The summed E-state index contributed by atoms with van der Waals surface area (Å²) in [6.45, 7) is 11.4. The van der Waals surface area contributed by atoms with Gasteiger partial charge in [-0.15, -0.1) is 0 Å². The summed E-state index contributed by atoms with van der Waals surface area (Å²) in [5, 5.41) is 13.3. The monoisotopic (exact) mass is 717 g/mol. The number of benzene rings is 1. The van der Waals surface area contributed by atoms with Crippen molar-refractivity contribution in [2.75, 3.05) is 51.9 Å². The van der Waals surface area contributed by atoms with E-state index in [2.05, 4.69) is 5.32 Å². The maximum absolute atomic E-state index is 14.1. The van der Waals surface area contributed by atoms with Gasteiger partial charge in [-0.2, -0.15) is 0 Å². The molecule has 2 unspecified atom stereocenters. The number of aromatic nitrogens is 1. The third-order valence-electron chi connectivity index (χ3n) is 8.34. The largest absolute Gasteiger partial charge is 0.503 e. The molecule has 2 aromatic rings. The molecule has 1 aliphatic rings. The first-order valence-corrected chi connectivity index (χ1v) is 20.0. The van der Waals surface area contributed by atoms with E-state index in [9.17, 15) is 37.4 Å². The second kappa shape index (κ2) is 16.8. The van der Waals surface area contributed by atoms with Gasteiger partial charge in [0.05, 0.1) is 26.0 Å². The highest BCUT2D eigenvalue weighted by atomic mass is 31.2. The topological polar surface area (TPSA) is 153 Å². The van der Waals surface area contributed by atoms with Gasteiger partial charge in [-0.05, 0) is 52.8 Å². The Bertz CT molecular complexity index is 1620. The van der Waals surface area contributed by atoms with E-state index >= 15 is 0 Å². The molecule has 1 aromatic heterocycles. The number of fused-ring (bicyclic) bond motifs is 1. The van der Waals surface area contributed by atoms with Crippen LogP contribution in [-0.2, 0) is 35.8 Å². The molecule has 0 spiro atoms. The van der Waals surface area contributed by atoms with Crippen molar-refractivity contribution in [3.63, 3.8) is 0 Å². The van der Waals surface area contributed by atoms with Gasteiger partial charge in [0.2, 0.25) is 5.43 Å². The normalized spacial score (nSPS) is 17.3. The lowest BCUT2D eigenvalue weighted by atomic mass is 9.75. The number of hydrogen-bond acceptors (Lipinski definition) is 10. The molecule has 1 amide bonds. The van der Waals surface area contributed by atoms with Crippen LogP contribution in [0.15, 0.2) is 29.2 Å². The van der Waals surface area contributed by atoms with Gasteiger partial charge in [-0.25, -0.2) is 8.78 Å². The van der Waals surface area contributed by atoms with Gasteiger partial charge in [0, 0.05) is 55.2 Å². The Morgan fingerprint density at radius 1 is 1.04 bits per heavy atom. The highest BCUT2D eigenvalue weighted by Crippen LogP contribution is 2.49. The lowest BCUT2D eigenvalue weighted by Gasteiger charge is -2.45. The summed E-state index contributed by atoms with van der Waals surface area (Å²) in [4.78, 5) is 42.2. The molecule has 2 N–H and O–H groups in total. The molecule has 1 aliphatic heterocycles. The SMILES string of the molecule is CCOP(C)(=O)CCCN(CCCP(=O)(OCC)OCC)C1Cn2cc(C(=O)NCc3ccc(F)cc3F)c(=O)c(O)c2C(=O)C1(C)C. The predicted octanol–water partition coefficient (Wildman–Crippen LogP) is 5.65. The van der Waals surface area contributed by atoms with Crippen LogP contribution < -0.4 is 10.7 Å². The molecule has 0 radical (unpaired) electrons. The zero-order valence-corrected chi connectivity index (χ0v) is 30.2. The number of halogens is 2. The first kappa shape index (κ1) is 39.7. The Morgan fingerprint density at radius 2 is 1.65 bits per heavy atom. The van der Waals surface area contributed by atoms with E-state index in [1.807, 2.05) is 4.90 Å². The highest BCUT2D eigenvalue weighted by Gasteiger charge is 2.47. The molecule has 16 heteroatoms. The van der Waals surface area contributed by atoms with Gasteiger partial charge in [-0.1, -0.05) is 19.9 Å². The summed E-state index contributed by atoms with van der Waals surface area (Å²) >= 11 is 0. The number of nitrogens with zero attached hydrogens (tertiary/aromatic N) is 2. The lowest BCUT2D eigenvalue weighted by Crippen LogP contribution is -2.56. The van der Waals surface area contributed by atoms with E-state index in [1.165, 1.54) is 10.8 Å². The second-order valence-electron chi connectivity index (χ2n) is 12.3. The van der Waals surface area contributed by atoms with Crippen LogP contribution in [0.5, 0.6) is 5.75 Å². The summed E-state index contributed by atoms with van der Waals surface area (Å²) in [7, 11) is -6.22. The van der Waals surface area contributed by atoms with Crippen LogP contribution in [0.25, 0.3) is 0 Å². The van der Waals surface area contributed by atoms with Crippen LogP contribution in [0.4, 0.5) is 8.78 Å². The second-order valence-corrected chi connectivity index (χ2v) is 17.2. The number of aromatic hydroxyl groups is 1. The van der Waals surface area contributed by atoms with Gasteiger partial charge >= 0.3 is 7.60 Å². The molecule has 268 valence electrons. The molecule has 0 aliphatic carbocycles. The van der Waals surface area contributed by atoms with Gasteiger partial charge in [0.25, 0.3) is 5.91 Å². The predicted molar refractivity (Wildman–Crippen MR) is 178 cm³/mol. The third kappa shape index (κ3) is 9.70. The van der Waals surface area contributed by atoms with Crippen LogP contribution in [0, 0.1) is 17.0 Å². The van der Waals surface area contributed by atoms with Crippen molar-refractivity contribution in [2.45, 2.75) is 66.6 Å². The lowest BCUT2D eigenvalue weighted by molar-refractivity contribution is 0.0402. The minimum atomic E-state index is -3.36. The fourth-order valence-electron chi connectivity index (χ4n) is 5.92. The Hall–Kier alpha value is -2.73. The first-order chi connectivity index (χ1) is 22.5. The molecule has 2 heterocycles. The number of amides is 1. The Morgan fingerprint density at radius 3 is 2.23 bits per heavy atom. The fourth-order valence-corrected chi connectivity index (χ4v) is 8.96. The van der Waals surface area contributed by atoms with Crippen molar-refractivity contribution in [1.29, 1.82) is 0 Å². The van der Waals surface area contributed by atoms with Crippen molar-refractivity contribution in [1.82, 2.24) is 14.8 Å². The maximum atomic E-state index is 14.1. The minimum Gasteiger partial charge on any atom is -0.503 e. The molecule has 48 heavy (non-hydrogen) atoms. The van der Waals surface area contributed by atoms with Crippen molar-refractivity contribution < 1.29 is 46.2 Å². The van der Waals surface area contributed by atoms with Crippen LogP contribution in [0.3, 0.4) is 0 Å². The zero-order valence-electron chi connectivity index (χ0n) is 28.4. The van der Waals surface area contributed by atoms with Gasteiger partial charge in [0.15, 0.2) is 18.9 Å². The van der Waals surface area contributed by atoms with E-state index in [0.717, 1.165) is 12.1 Å². The van der Waals surface area contributed by atoms with Crippen LogP contribution >= 0.6 is 15.0 Å². The molecule has 0 saturated carbocycles. The van der Waals surface area contributed by atoms with E-state index in [1.54, 1.807) is 41.3 Å². The molecular formula is C32H47F2N3O9P2. The summed E-state index contributed by atoms with van der Waals surface area (Å²) < 4.78 is 71.2. The molecular weight excluding hydrogens is 670 g/mol. The average Bonchev–Trinajstić information content (AvgIpc) is 2.99. The molecule has 0 saturated heterocycles. The third-order valence-corrected chi connectivity index (χ3v) is 12.4. The van der Waals surface area contributed by atoms with Gasteiger partial charge in [-0.3, -0.25) is 28.4 Å². The quantitative estimate of drug-likeness (QED) is 0.185. The Balaban J connectivity index is 1.94. The maximum Gasteiger partial charge on any atom is 0.330 e.